The molecule has 32 heavy (non-hydrogen) atoms. The predicted molar refractivity (Wildman–Crippen MR) is 123 cm³/mol. The maximum absolute atomic E-state index is 12.6. The Kier molecular flexibility index (Phi) is 7.27. The number of aliphatic hydroxyl groups is 1. The van der Waals surface area contributed by atoms with Gasteiger partial charge in [-0.05, 0) is 24.3 Å². The number of rotatable bonds is 8. The molecule has 0 aliphatic carbocycles. The summed E-state index contributed by atoms with van der Waals surface area (Å²) in [6, 6.07) is 18.1. The van der Waals surface area contributed by atoms with E-state index in [1.54, 1.807) is 28.9 Å². The van der Waals surface area contributed by atoms with Gasteiger partial charge in [-0.3, -0.25) is 4.79 Å². The number of hydrogen-bond acceptors (Lipinski definition) is 6. The summed E-state index contributed by atoms with van der Waals surface area (Å²) in [7, 11) is 0. The zero-order valence-electron chi connectivity index (χ0n) is 18.5. The third-order valence-corrected chi connectivity index (χ3v) is 4.65. The van der Waals surface area contributed by atoms with E-state index < -0.39 is 18.5 Å². The highest BCUT2D eigenvalue weighted by Gasteiger charge is 2.22. The first-order chi connectivity index (χ1) is 15.3. The highest BCUT2D eigenvalue weighted by Crippen LogP contribution is 2.26. The van der Waals surface area contributed by atoms with Crippen LogP contribution in [0.25, 0.3) is 5.69 Å². The van der Waals surface area contributed by atoms with Crippen molar-refractivity contribution in [3.63, 3.8) is 0 Å². The molecular weight excluding hydrogens is 408 g/mol. The van der Waals surface area contributed by atoms with Crippen molar-refractivity contribution in [1.82, 2.24) is 9.78 Å². The molecule has 0 unspecified atom stereocenters. The number of ether oxygens (including phenoxy) is 1. The fraction of sp³-hybridized carbons (Fsp3) is 0.292. The van der Waals surface area contributed by atoms with Crippen LogP contribution in [-0.4, -0.2) is 46.5 Å². The van der Waals surface area contributed by atoms with Gasteiger partial charge < -0.3 is 20.5 Å². The first-order valence-electron chi connectivity index (χ1n) is 10.4. The number of carbonyl (C=O) groups excluding carboxylic acids is 2. The molecule has 8 heteroatoms. The summed E-state index contributed by atoms with van der Waals surface area (Å²) in [5.74, 6) is -0.614. The number of anilines is 2. The van der Waals surface area contributed by atoms with E-state index in [2.05, 4.69) is 15.7 Å². The third kappa shape index (κ3) is 5.73. The average molecular weight is 437 g/mol. The molecule has 3 N–H and O–H groups in total. The molecule has 0 bridgehead atoms. The number of amides is 1. The highest BCUT2D eigenvalue weighted by atomic mass is 16.5. The minimum absolute atomic E-state index is 0.0720. The molecule has 2 aromatic carbocycles. The van der Waals surface area contributed by atoms with Gasteiger partial charge in [0.25, 0.3) is 5.91 Å². The molecule has 1 heterocycles. The van der Waals surface area contributed by atoms with E-state index in [0.29, 0.717) is 18.1 Å². The van der Waals surface area contributed by atoms with Gasteiger partial charge in [0.1, 0.15) is 5.82 Å². The van der Waals surface area contributed by atoms with Gasteiger partial charge in [-0.15, -0.1) is 0 Å². The standard InChI is InChI=1S/C24H28N4O4/c1-24(2,3)20-15-21(28(27-20)17-9-5-4-6-10-17)26-22(30)16-32-23(31)18-11-7-8-12-19(18)25-13-14-29/h4-12,15,25,29H,13-14,16H2,1-3H3,(H,26,30). The van der Waals surface area contributed by atoms with Crippen molar-refractivity contribution in [2.75, 3.05) is 30.4 Å². The number of nitrogens with zero attached hydrogens (tertiary/aromatic N) is 2. The molecule has 8 nitrogen and oxygen atoms in total. The molecule has 0 saturated heterocycles. The largest absolute Gasteiger partial charge is 0.452 e. The van der Waals surface area contributed by atoms with Crippen LogP contribution in [-0.2, 0) is 14.9 Å². The monoisotopic (exact) mass is 436 g/mol. The molecule has 0 saturated carbocycles. The molecule has 0 fully saturated rings. The zero-order valence-corrected chi connectivity index (χ0v) is 18.5. The smallest absolute Gasteiger partial charge is 0.340 e. The molecule has 3 rings (SSSR count). The molecule has 3 aromatic rings. The van der Waals surface area contributed by atoms with Crippen molar-refractivity contribution >= 4 is 23.4 Å². The maximum atomic E-state index is 12.6. The number of aliphatic hydroxyl groups excluding tert-OH is 1. The first-order valence-corrected chi connectivity index (χ1v) is 10.4. The fourth-order valence-corrected chi connectivity index (χ4v) is 3.00. The summed E-state index contributed by atoms with van der Waals surface area (Å²) in [5.41, 5.74) is 2.23. The van der Waals surface area contributed by atoms with Crippen LogP contribution in [0, 0.1) is 0 Å². The number of para-hydroxylation sites is 2. The lowest BCUT2D eigenvalue weighted by Crippen LogP contribution is -2.23. The molecule has 0 aliphatic rings. The van der Waals surface area contributed by atoms with Crippen molar-refractivity contribution in [3.8, 4) is 5.69 Å². The van der Waals surface area contributed by atoms with E-state index in [4.69, 9.17) is 9.84 Å². The van der Waals surface area contributed by atoms with Crippen LogP contribution in [0.3, 0.4) is 0 Å². The van der Waals surface area contributed by atoms with Gasteiger partial charge in [0.2, 0.25) is 0 Å². The van der Waals surface area contributed by atoms with Crippen molar-refractivity contribution in [3.05, 3.63) is 71.9 Å². The van der Waals surface area contributed by atoms with Crippen LogP contribution in [0.2, 0.25) is 0 Å². The molecule has 1 amide bonds. The first kappa shape index (κ1) is 23.0. The highest BCUT2D eigenvalue weighted by molar-refractivity contribution is 5.98. The molecule has 168 valence electrons. The summed E-state index contributed by atoms with van der Waals surface area (Å²) >= 11 is 0. The van der Waals surface area contributed by atoms with Crippen LogP contribution >= 0.6 is 0 Å². The lowest BCUT2D eigenvalue weighted by atomic mass is 9.92. The Labute approximate surface area is 187 Å². The molecule has 1 aromatic heterocycles. The van der Waals surface area contributed by atoms with Gasteiger partial charge in [0.15, 0.2) is 6.61 Å². The number of esters is 1. The van der Waals surface area contributed by atoms with Crippen LogP contribution in [0.5, 0.6) is 0 Å². The van der Waals surface area contributed by atoms with E-state index in [1.165, 1.54) is 0 Å². The number of hydrogen-bond donors (Lipinski definition) is 3. The molecule has 0 atom stereocenters. The SMILES string of the molecule is CC(C)(C)c1cc(NC(=O)COC(=O)c2ccccc2NCCO)n(-c2ccccc2)n1. The lowest BCUT2D eigenvalue weighted by molar-refractivity contribution is -0.119. The van der Waals surface area contributed by atoms with Gasteiger partial charge in [0.05, 0.1) is 23.6 Å². The summed E-state index contributed by atoms with van der Waals surface area (Å²) in [5, 5.41) is 19.4. The van der Waals surface area contributed by atoms with Gasteiger partial charge >= 0.3 is 5.97 Å². The topological polar surface area (TPSA) is 105 Å². The van der Waals surface area contributed by atoms with Gasteiger partial charge in [-0.25, -0.2) is 9.48 Å². The Hall–Kier alpha value is -3.65. The Morgan fingerprint density at radius 3 is 2.44 bits per heavy atom. The van der Waals surface area contributed by atoms with Crippen molar-refractivity contribution in [1.29, 1.82) is 0 Å². The minimum Gasteiger partial charge on any atom is -0.452 e. The Morgan fingerprint density at radius 1 is 1.06 bits per heavy atom. The number of benzene rings is 2. The second-order valence-corrected chi connectivity index (χ2v) is 8.23. The van der Waals surface area contributed by atoms with E-state index in [9.17, 15) is 9.59 Å². The summed E-state index contributed by atoms with van der Waals surface area (Å²) in [6.07, 6.45) is 0. The van der Waals surface area contributed by atoms with Crippen molar-refractivity contribution in [2.24, 2.45) is 0 Å². The predicted octanol–water partition coefficient (Wildman–Crippen LogP) is 3.37. The van der Waals surface area contributed by atoms with Crippen LogP contribution in [0.15, 0.2) is 60.7 Å². The number of nitrogens with one attached hydrogen (secondary N) is 2. The van der Waals surface area contributed by atoms with E-state index in [-0.39, 0.29) is 17.6 Å². The van der Waals surface area contributed by atoms with Crippen molar-refractivity contribution < 1.29 is 19.4 Å². The summed E-state index contributed by atoms with van der Waals surface area (Å²) in [6.45, 7) is 5.90. The summed E-state index contributed by atoms with van der Waals surface area (Å²) < 4.78 is 6.88. The van der Waals surface area contributed by atoms with Gasteiger partial charge in [-0.1, -0.05) is 51.1 Å². The van der Waals surface area contributed by atoms with Crippen molar-refractivity contribution in [2.45, 2.75) is 26.2 Å². The Balaban J connectivity index is 1.72. The number of aromatic nitrogens is 2. The zero-order chi connectivity index (χ0) is 23.1. The average Bonchev–Trinajstić information content (AvgIpc) is 3.21. The van der Waals surface area contributed by atoms with Crippen LogP contribution in [0.4, 0.5) is 11.5 Å². The second kappa shape index (κ2) is 10.1. The third-order valence-electron chi connectivity index (χ3n) is 4.65. The minimum atomic E-state index is -0.631. The summed E-state index contributed by atoms with van der Waals surface area (Å²) in [4.78, 5) is 25.1. The Morgan fingerprint density at radius 2 is 1.75 bits per heavy atom. The normalized spacial score (nSPS) is 11.1. The second-order valence-electron chi connectivity index (χ2n) is 8.23. The maximum Gasteiger partial charge on any atom is 0.340 e. The van der Waals surface area contributed by atoms with Crippen LogP contribution in [0.1, 0.15) is 36.8 Å². The Bertz CT molecular complexity index is 1070. The lowest BCUT2D eigenvalue weighted by Gasteiger charge is -2.14. The van der Waals surface area contributed by atoms with E-state index >= 15 is 0 Å². The molecular formula is C24H28N4O4. The molecule has 0 aliphatic heterocycles. The van der Waals surface area contributed by atoms with Crippen LogP contribution < -0.4 is 10.6 Å². The quantitative estimate of drug-likeness (QED) is 0.468. The van der Waals surface area contributed by atoms with Gasteiger partial charge in [-0.2, -0.15) is 5.10 Å². The molecule has 0 spiro atoms. The fourth-order valence-electron chi connectivity index (χ4n) is 3.00. The van der Waals surface area contributed by atoms with E-state index in [1.807, 2.05) is 57.2 Å². The van der Waals surface area contributed by atoms with E-state index in [0.717, 1.165) is 11.4 Å². The molecule has 0 radical (unpaired) electrons. The number of carbonyl (C=O) groups is 2. The van der Waals surface area contributed by atoms with Gasteiger partial charge in [0, 0.05) is 23.7 Å².